The number of H-pyrrole nitrogens is 1. The Morgan fingerprint density at radius 1 is 1.17 bits per heavy atom. The minimum Gasteiger partial charge on any atom is -0.497 e. The summed E-state index contributed by atoms with van der Waals surface area (Å²) in [6, 6.07) is 10.9. The number of aromatic amines is 1. The van der Waals surface area contributed by atoms with Crippen molar-refractivity contribution in [2.75, 3.05) is 7.11 Å². The average molecular weight is 473 g/mol. The molecule has 0 saturated heterocycles. The Kier molecular flexibility index (Phi) is 4.98. The molecule has 1 unspecified atom stereocenters. The normalized spacial score (nSPS) is 15.3. The molecule has 3 aromatic heterocycles. The Labute approximate surface area is 198 Å². The maximum Gasteiger partial charge on any atom is 0.267 e. The van der Waals surface area contributed by atoms with Crippen LogP contribution in [0.5, 0.6) is 5.75 Å². The highest BCUT2D eigenvalue weighted by Gasteiger charge is 2.25. The summed E-state index contributed by atoms with van der Waals surface area (Å²) in [5.41, 5.74) is 4.24. The van der Waals surface area contributed by atoms with Crippen LogP contribution in [0.3, 0.4) is 0 Å². The minimum absolute atomic E-state index is 0.102. The molecule has 1 atom stereocenters. The molecular weight excluding hydrogens is 452 g/mol. The second kappa shape index (κ2) is 8.19. The van der Waals surface area contributed by atoms with Crippen LogP contribution in [0, 0.1) is 11.6 Å². The fraction of sp³-hybridized carbons (Fsp3) is 0.192. The molecule has 1 aliphatic carbocycles. The van der Waals surface area contributed by atoms with Crippen molar-refractivity contribution in [3.63, 3.8) is 0 Å². The molecule has 1 aliphatic rings. The van der Waals surface area contributed by atoms with Crippen LogP contribution in [0.25, 0.3) is 27.5 Å². The largest absolute Gasteiger partial charge is 0.497 e. The lowest BCUT2D eigenvalue weighted by Crippen LogP contribution is -2.38. The zero-order valence-electron chi connectivity index (χ0n) is 18.8. The van der Waals surface area contributed by atoms with Gasteiger partial charge in [0, 0.05) is 35.3 Å². The molecule has 0 aliphatic heterocycles. The number of nitrogens with one attached hydrogen (secondary N) is 2. The highest BCUT2D eigenvalue weighted by atomic mass is 19.1. The monoisotopic (exact) mass is 473 g/mol. The lowest BCUT2D eigenvalue weighted by atomic mass is 9.93. The van der Waals surface area contributed by atoms with E-state index in [-0.39, 0.29) is 28.5 Å². The SMILES string of the molecule is COc1ccc2nccc(-n3cc4c(n3)CCC(NC(=O)c3cc5c(F)cc(F)cc5[nH]3)C4)c2c1. The summed E-state index contributed by atoms with van der Waals surface area (Å²) < 4.78 is 34.7. The molecule has 35 heavy (non-hydrogen) atoms. The summed E-state index contributed by atoms with van der Waals surface area (Å²) in [6.45, 7) is 0. The number of hydrogen-bond acceptors (Lipinski definition) is 4. The van der Waals surface area contributed by atoms with E-state index in [2.05, 4.69) is 15.3 Å². The fourth-order valence-electron chi connectivity index (χ4n) is 4.73. The third-order valence-electron chi connectivity index (χ3n) is 6.48. The molecule has 0 bridgehead atoms. The number of pyridine rings is 1. The quantitative estimate of drug-likeness (QED) is 0.403. The van der Waals surface area contributed by atoms with Crippen molar-refractivity contribution in [1.29, 1.82) is 0 Å². The van der Waals surface area contributed by atoms with E-state index in [1.165, 1.54) is 12.1 Å². The van der Waals surface area contributed by atoms with Crippen LogP contribution in [0.15, 0.2) is 54.9 Å². The second-order valence-corrected chi connectivity index (χ2v) is 8.70. The standard InChI is InChI=1S/C26H21F2N5O2/c1-35-17-3-5-22-19(11-17)25(6-7-29-22)33-13-14-8-16(2-4-21(14)32-33)30-26(34)24-12-18-20(28)9-15(27)10-23(18)31-24/h3,5-7,9-13,16,31H,2,4,8H2,1H3,(H,30,34). The summed E-state index contributed by atoms with van der Waals surface area (Å²) in [6.07, 6.45) is 5.80. The number of halogens is 2. The summed E-state index contributed by atoms with van der Waals surface area (Å²) in [7, 11) is 1.63. The highest BCUT2D eigenvalue weighted by Crippen LogP contribution is 2.28. The first-order valence-electron chi connectivity index (χ1n) is 11.3. The molecule has 7 nitrogen and oxygen atoms in total. The lowest BCUT2D eigenvalue weighted by Gasteiger charge is -2.22. The average Bonchev–Trinajstić information content (AvgIpc) is 3.47. The van der Waals surface area contributed by atoms with Gasteiger partial charge in [-0.3, -0.25) is 9.78 Å². The first-order chi connectivity index (χ1) is 17.0. The summed E-state index contributed by atoms with van der Waals surface area (Å²) in [5, 5.41) is 8.93. The van der Waals surface area contributed by atoms with Crippen LogP contribution >= 0.6 is 0 Å². The molecule has 176 valence electrons. The van der Waals surface area contributed by atoms with Crippen LogP contribution in [0.1, 0.15) is 28.2 Å². The number of fused-ring (bicyclic) bond motifs is 3. The van der Waals surface area contributed by atoms with Gasteiger partial charge in [0.1, 0.15) is 23.1 Å². The number of carbonyl (C=O) groups is 1. The third kappa shape index (κ3) is 3.78. The number of ether oxygens (including phenoxy) is 1. The van der Waals surface area contributed by atoms with E-state index in [1.807, 2.05) is 35.1 Å². The molecule has 1 amide bonds. The summed E-state index contributed by atoms with van der Waals surface area (Å²) in [5.74, 6) is -1.01. The van der Waals surface area contributed by atoms with Gasteiger partial charge in [-0.2, -0.15) is 5.10 Å². The van der Waals surface area contributed by atoms with Crippen LogP contribution in [-0.2, 0) is 12.8 Å². The van der Waals surface area contributed by atoms with Gasteiger partial charge in [-0.25, -0.2) is 13.5 Å². The van der Waals surface area contributed by atoms with Crippen LogP contribution in [-0.4, -0.2) is 38.8 Å². The van der Waals surface area contributed by atoms with Crippen molar-refractivity contribution in [2.24, 2.45) is 0 Å². The number of rotatable bonds is 4. The number of amides is 1. The second-order valence-electron chi connectivity index (χ2n) is 8.70. The van der Waals surface area contributed by atoms with Gasteiger partial charge >= 0.3 is 0 Å². The molecule has 0 spiro atoms. The Bertz CT molecular complexity index is 1610. The van der Waals surface area contributed by atoms with Gasteiger partial charge in [0.05, 0.1) is 29.5 Å². The molecule has 0 radical (unpaired) electrons. The molecular formula is C26H21F2N5O2. The first kappa shape index (κ1) is 21.3. The van der Waals surface area contributed by atoms with E-state index < -0.39 is 11.6 Å². The van der Waals surface area contributed by atoms with E-state index in [0.29, 0.717) is 12.8 Å². The van der Waals surface area contributed by atoms with Gasteiger partial charge in [-0.15, -0.1) is 0 Å². The zero-order valence-corrected chi connectivity index (χ0v) is 18.8. The maximum absolute atomic E-state index is 14.0. The van der Waals surface area contributed by atoms with Gasteiger partial charge in [-0.05, 0) is 61.2 Å². The molecule has 5 aromatic rings. The molecule has 0 fully saturated rings. The van der Waals surface area contributed by atoms with E-state index >= 15 is 0 Å². The number of benzene rings is 2. The highest BCUT2D eigenvalue weighted by molar-refractivity contribution is 5.98. The number of nitrogens with zero attached hydrogens (tertiary/aromatic N) is 3. The predicted molar refractivity (Wildman–Crippen MR) is 127 cm³/mol. The van der Waals surface area contributed by atoms with Crippen molar-refractivity contribution in [2.45, 2.75) is 25.3 Å². The number of methoxy groups -OCH3 is 1. The molecule has 0 saturated carbocycles. The first-order valence-corrected chi connectivity index (χ1v) is 11.3. The molecule has 2 N–H and O–H groups in total. The van der Waals surface area contributed by atoms with Crippen molar-refractivity contribution in [3.05, 3.63) is 83.4 Å². The van der Waals surface area contributed by atoms with Crippen molar-refractivity contribution in [1.82, 2.24) is 25.1 Å². The van der Waals surface area contributed by atoms with Crippen LogP contribution in [0.4, 0.5) is 8.78 Å². The van der Waals surface area contributed by atoms with Crippen LogP contribution in [0.2, 0.25) is 0 Å². The Morgan fingerprint density at radius 2 is 2.06 bits per heavy atom. The predicted octanol–water partition coefficient (Wildman–Crippen LogP) is 4.48. The minimum atomic E-state index is -0.703. The number of aryl methyl sites for hydroxylation is 1. The van der Waals surface area contributed by atoms with Gasteiger partial charge in [0.15, 0.2) is 0 Å². The van der Waals surface area contributed by atoms with E-state index in [9.17, 15) is 13.6 Å². The Morgan fingerprint density at radius 3 is 2.91 bits per heavy atom. The molecule has 6 rings (SSSR count). The number of carbonyl (C=O) groups excluding carboxylic acids is 1. The third-order valence-corrected chi connectivity index (χ3v) is 6.48. The zero-order chi connectivity index (χ0) is 24.1. The van der Waals surface area contributed by atoms with Gasteiger partial charge < -0.3 is 15.0 Å². The number of hydrogen-bond donors (Lipinski definition) is 2. The van der Waals surface area contributed by atoms with Gasteiger partial charge in [-0.1, -0.05) is 0 Å². The van der Waals surface area contributed by atoms with E-state index in [4.69, 9.17) is 9.84 Å². The topological polar surface area (TPSA) is 84.8 Å². The summed E-state index contributed by atoms with van der Waals surface area (Å²) >= 11 is 0. The fourth-order valence-corrected chi connectivity index (χ4v) is 4.73. The molecule has 3 heterocycles. The van der Waals surface area contributed by atoms with Crippen molar-refractivity contribution < 1.29 is 18.3 Å². The van der Waals surface area contributed by atoms with Crippen LogP contribution < -0.4 is 10.1 Å². The molecule has 9 heteroatoms. The van der Waals surface area contributed by atoms with E-state index in [1.54, 1.807) is 13.3 Å². The van der Waals surface area contributed by atoms with Gasteiger partial charge in [0.2, 0.25) is 0 Å². The van der Waals surface area contributed by atoms with Crippen molar-refractivity contribution >= 4 is 27.7 Å². The molecule has 2 aromatic carbocycles. The van der Waals surface area contributed by atoms with Gasteiger partial charge in [0.25, 0.3) is 5.91 Å². The number of aromatic nitrogens is 4. The van der Waals surface area contributed by atoms with E-state index in [0.717, 1.165) is 46.1 Å². The summed E-state index contributed by atoms with van der Waals surface area (Å²) in [4.78, 5) is 20.1. The lowest BCUT2D eigenvalue weighted by molar-refractivity contribution is 0.0929. The maximum atomic E-state index is 14.0. The van der Waals surface area contributed by atoms with Crippen molar-refractivity contribution in [3.8, 4) is 11.4 Å². The Balaban J connectivity index is 1.24. The Hall–Kier alpha value is -4.27. The smallest absolute Gasteiger partial charge is 0.267 e.